The summed E-state index contributed by atoms with van der Waals surface area (Å²) in [6.07, 6.45) is -4.77. The summed E-state index contributed by atoms with van der Waals surface area (Å²) in [6.45, 7) is 1.95. The molecule has 0 radical (unpaired) electrons. The van der Waals surface area contributed by atoms with Crippen LogP contribution in [-0.4, -0.2) is 31.2 Å². The molecule has 0 fully saturated rings. The first kappa shape index (κ1) is 15.5. The summed E-state index contributed by atoms with van der Waals surface area (Å²) in [6, 6.07) is 1.40. The smallest absolute Gasteiger partial charge is 0.334 e. The van der Waals surface area contributed by atoms with E-state index in [9.17, 15) is 22.5 Å². The first-order valence-corrected chi connectivity index (χ1v) is 8.61. The van der Waals surface area contributed by atoms with E-state index in [0.29, 0.717) is 0 Å². The molecule has 102 valence electrons. The second-order valence-electron chi connectivity index (χ2n) is 3.95. The number of hydrogen-bond acceptors (Lipinski definition) is 3. The van der Waals surface area contributed by atoms with E-state index in [4.69, 9.17) is 11.6 Å². The van der Waals surface area contributed by atoms with Crippen molar-refractivity contribution >= 4 is 36.0 Å². The SMILES string of the molecule is CP(C)(=O)[C@@H](NC(=O)c1sccc1Cl)C(F)(F)F. The van der Waals surface area contributed by atoms with Crippen LogP contribution in [-0.2, 0) is 4.57 Å². The minimum Gasteiger partial charge on any atom is -0.334 e. The number of amides is 1. The van der Waals surface area contributed by atoms with Gasteiger partial charge in [0.2, 0.25) is 0 Å². The average Bonchev–Trinajstić information content (AvgIpc) is 2.56. The van der Waals surface area contributed by atoms with Gasteiger partial charge >= 0.3 is 6.18 Å². The Morgan fingerprint density at radius 2 is 2.06 bits per heavy atom. The van der Waals surface area contributed by atoms with Crippen LogP contribution in [0.2, 0.25) is 5.02 Å². The monoisotopic (exact) mass is 319 g/mol. The third-order valence-corrected chi connectivity index (χ3v) is 5.03. The van der Waals surface area contributed by atoms with E-state index in [-0.39, 0.29) is 9.90 Å². The van der Waals surface area contributed by atoms with Crippen LogP contribution in [0.15, 0.2) is 11.4 Å². The Hall–Kier alpha value is -0.520. The summed E-state index contributed by atoms with van der Waals surface area (Å²) in [5.74, 6) is -3.34. The maximum absolute atomic E-state index is 12.7. The van der Waals surface area contributed by atoms with Crippen LogP contribution in [0.3, 0.4) is 0 Å². The van der Waals surface area contributed by atoms with E-state index in [0.717, 1.165) is 24.7 Å². The molecule has 1 aromatic heterocycles. The molecule has 1 N–H and O–H groups in total. The quantitative estimate of drug-likeness (QED) is 0.865. The Morgan fingerprint density at radius 3 is 2.39 bits per heavy atom. The molecule has 0 aliphatic carbocycles. The van der Waals surface area contributed by atoms with Crippen LogP contribution in [0.4, 0.5) is 13.2 Å². The molecule has 0 unspecified atom stereocenters. The lowest BCUT2D eigenvalue weighted by molar-refractivity contribution is -0.134. The van der Waals surface area contributed by atoms with Gasteiger partial charge in [-0.05, 0) is 24.8 Å². The van der Waals surface area contributed by atoms with Crippen LogP contribution < -0.4 is 5.32 Å². The zero-order valence-electron chi connectivity index (χ0n) is 9.42. The van der Waals surface area contributed by atoms with Gasteiger partial charge in [0.25, 0.3) is 5.91 Å². The van der Waals surface area contributed by atoms with Gasteiger partial charge in [0.05, 0.1) is 5.02 Å². The minimum atomic E-state index is -4.77. The standard InChI is InChI=1S/C9H10ClF3NO2PS/c1-17(2,16)8(9(11,12)13)14-7(15)6-5(10)3-4-18-6/h3-4,8H,1-2H3,(H,14,15)/t8-/m1/s1. The van der Waals surface area contributed by atoms with Crippen molar-refractivity contribution in [2.45, 2.75) is 12.0 Å². The molecule has 0 saturated carbocycles. The Kier molecular flexibility index (Phi) is 4.51. The summed E-state index contributed by atoms with van der Waals surface area (Å²) in [5, 5.41) is 3.29. The Labute approximate surface area is 111 Å². The van der Waals surface area contributed by atoms with Gasteiger partial charge in [-0.3, -0.25) is 4.79 Å². The van der Waals surface area contributed by atoms with Gasteiger partial charge in [-0.15, -0.1) is 11.3 Å². The molecule has 18 heavy (non-hydrogen) atoms. The van der Waals surface area contributed by atoms with Gasteiger partial charge < -0.3 is 9.88 Å². The second-order valence-corrected chi connectivity index (χ2v) is 8.66. The molecule has 0 aromatic carbocycles. The molecule has 1 rings (SSSR count). The molecule has 0 aliphatic rings. The summed E-state index contributed by atoms with van der Waals surface area (Å²) in [5.41, 5.74) is 0. The summed E-state index contributed by atoms with van der Waals surface area (Å²) in [4.78, 5) is 11.6. The lowest BCUT2D eigenvalue weighted by atomic mass is 10.4. The van der Waals surface area contributed by atoms with Crippen molar-refractivity contribution in [2.75, 3.05) is 13.3 Å². The van der Waals surface area contributed by atoms with Crippen LogP contribution in [0.5, 0.6) is 0 Å². The van der Waals surface area contributed by atoms with Crippen LogP contribution in [0.1, 0.15) is 9.67 Å². The van der Waals surface area contributed by atoms with E-state index >= 15 is 0 Å². The van der Waals surface area contributed by atoms with Gasteiger partial charge in [0.1, 0.15) is 12.0 Å². The molecule has 1 aromatic rings. The van der Waals surface area contributed by atoms with Gasteiger partial charge in [0.15, 0.2) is 5.78 Å². The largest absolute Gasteiger partial charge is 0.415 e. The molecule has 9 heteroatoms. The molecular formula is C9H10ClF3NO2PS. The van der Waals surface area contributed by atoms with Crippen LogP contribution >= 0.6 is 30.1 Å². The molecule has 0 saturated heterocycles. The van der Waals surface area contributed by atoms with E-state index in [1.165, 1.54) is 11.4 Å². The van der Waals surface area contributed by atoms with Crippen molar-refractivity contribution in [1.29, 1.82) is 0 Å². The zero-order chi connectivity index (χ0) is 14.1. The highest BCUT2D eigenvalue weighted by Gasteiger charge is 2.48. The first-order chi connectivity index (χ1) is 8.03. The molecule has 0 bridgehead atoms. The number of nitrogens with one attached hydrogen (secondary N) is 1. The number of carbonyl (C=O) groups is 1. The van der Waals surface area contributed by atoms with Crippen LogP contribution in [0, 0.1) is 0 Å². The maximum Gasteiger partial charge on any atom is 0.415 e. The van der Waals surface area contributed by atoms with Crippen molar-refractivity contribution in [2.24, 2.45) is 0 Å². The van der Waals surface area contributed by atoms with Crippen molar-refractivity contribution in [3.05, 3.63) is 21.3 Å². The normalized spacial score (nSPS) is 14.3. The predicted molar refractivity (Wildman–Crippen MR) is 66.1 cm³/mol. The van der Waals surface area contributed by atoms with Gasteiger partial charge in [0, 0.05) is 0 Å². The van der Waals surface area contributed by atoms with E-state index in [2.05, 4.69) is 0 Å². The summed E-state index contributed by atoms with van der Waals surface area (Å²) < 4.78 is 49.7. The molecule has 3 nitrogen and oxygen atoms in total. The molecule has 1 heterocycles. The minimum absolute atomic E-state index is 0.0284. The lowest BCUT2D eigenvalue weighted by Gasteiger charge is -2.24. The Morgan fingerprint density at radius 1 is 1.50 bits per heavy atom. The summed E-state index contributed by atoms with van der Waals surface area (Å²) >= 11 is 6.57. The predicted octanol–water partition coefficient (Wildman–Crippen LogP) is 3.64. The maximum atomic E-state index is 12.7. The third-order valence-electron chi connectivity index (χ3n) is 2.02. The van der Waals surface area contributed by atoms with Gasteiger partial charge in [-0.1, -0.05) is 11.6 Å². The molecule has 1 atom stereocenters. The van der Waals surface area contributed by atoms with Crippen molar-refractivity contribution in [1.82, 2.24) is 5.32 Å². The van der Waals surface area contributed by atoms with Crippen molar-refractivity contribution in [3.8, 4) is 0 Å². The number of thiophene rings is 1. The molecule has 1 amide bonds. The van der Waals surface area contributed by atoms with Gasteiger partial charge in [-0.2, -0.15) is 13.2 Å². The van der Waals surface area contributed by atoms with Crippen molar-refractivity contribution < 1.29 is 22.5 Å². The highest BCUT2D eigenvalue weighted by Crippen LogP contribution is 2.48. The van der Waals surface area contributed by atoms with Crippen LogP contribution in [0.25, 0.3) is 0 Å². The Balaban J connectivity index is 2.97. The molecule has 0 aliphatic heterocycles. The number of hydrogen-bond donors (Lipinski definition) is 1. The zero-order valence-corrected chi connectivity index (χ0v) is 11.9. The molecular weight excluding hydrogens is 310 g/mol. The fourth-order valence-corrected chi connectivity index (χ4v) is 3.41. The highest BCUT2D eigenvalue weighted by atomic mass is 35.5. The third kappa shape index (κ3) is 3.73. The Bertz CT molecular complexity index is 496. The fourth-order valence-electron chi connectivity index (χ4n) is 1.24. The second kappa shape index (κ2) is 5.23. The van der Waals surface area contributed by atoms with Gasteiger partial charge in [-0.25, -0.2) is 0 Å². The van der Waals surface area contributed by atoms with E-state index in [1.54, 1.807) is 5.32 Å². The fraction of sp³-hybridized carbons (Fsp3) is 0.444. The summed E-state index contributed by atoms with van der Waals surface area (Å²) in [7, 11) is -3.56. The topological polar surface area (TPSA) is 46.2 Å². The molecule has 0 spiro atoms. The highest BCUT2D eigenvalue weighted by molar-refractivity contribution is 7.63. The van der Waals surface area contributed by atoms with E-state index in [1.807, 2.05) is 0 Å². The average molecular weight is 320 g/mol. The lowest BCUT2D eigenvalue weighted by Crippen LogP contribution is -2.44. The number of rotatable bonds is 3. The van der Waals surface area contributed by atoms with E-state index < -0.39 is 25.0 Å². The van der Waals surface area contributed by atoms with Crippen molar-refractivity contribution in [3.63, 3.8) is 0 Å². The number of halogens is 4. The first-order valence-electron chi connectivity index (χ1n) is 4.68. The number of alkyl halides is 3. The number of carbonyl (C=O) groups excluding carboxylic acids is 1.